The van der Waals surface area contributed by atoms with Crippen LogP contribution in [0.25, 0.3) is 11.0 Å². The zero-order chi connectivity index (χ0) is 19.0. The number of likely N-dealkylation sites (tertiary alicyclic amines) is 1. The highest BCUT2D eigenvalue weighted by Gasteiger charge is 2.27. The van der Waals surface area contributed by atoms with Crippen LogP contribution in [0.3, 0.4) is 0 Å². The standard InChI is InChI=1S/C21H23N3O2S/c1-13-5-3-7-17-20(13)23-21(22-17)16-6-4-8-24(11-16)19(26)10-15-9-18(14(2)25)27-12-15/h3,5,7,9,12,16H,4,6,8,10-11H2,1-2H3,(H,22,23). The van der Waals surface area contributed by atoms with Crippen molar-refractivity contribution in [3.05, 3.63) is 51.5 Å². The number of ketones is 1. The fourth-order valence-corrected chi connectivity index (χ4v) is 4.57. The van der Waals surface area contributed by atoms with Gasteiger partial charge in [0.2, 0.25) is 5.91 Å². The number of aryl methyl sites for hydroxylation is 1. The zero-order valence-corrected chi connectivity index (χ0v) is 16.4. The Hall–Kier alpha value is -2.47. The van der Waals surface area contributed by atoms with Crippen LogP contribution >= 0.6 is 11.3 Å². The molecule has 3 aromatic rings. The number of imidazole rings is 1. The van der Waals surface area contributed by atoms with Crippen molar-refractivity contribution in [3.63, 3.8) is 0 Å². The Balaban J connectivity index is 1.47. The van der Waals surface area contributed by atoms with Gasteiger partial charge in [-0.25, -0.2) is 4.98 Å². The van der Waals surface area contributed by atoms with Crippen LogP contribution in [0.5, 0.6) is 0 Å². The summed E-state index contributed by atoms with van der Waals surface area (Å²) in [6.45, 7) is 5.11. The highest BCUT2D eigenvalue weighted by molar-refractivity contribution is 7.12. The lowest BCUT2D eigenvalue weighted by Gasteiger charge is -2.32. The van der Waals surface area contributed by atoms with Crippen LogP contribution in [-0.2, 0) is 11.2 Å². The molecule has 1 N–H and O–H groups in total. The first kappa shape index (κ1) is 17.9. The topological polar surface area (TPSA) is 66.1 Å². The van der Waals surface area contributed by atoms with Crippen molar-refractivity contribution in [3.8, 4) is 0 Å². The van der Waals surface area contributed by atoms with Crippen molar-refractivity contribution in [1.82, 2.24) is 14.9 Å². The Kier molecular flexibility index (Phi) is 4.83. The number of nitrogens with one attached hydrogen (secondary N) is 1. The minimum absolute atomic E-state index is 0.0527. The minimum atomic E-state index is 0.0527. The van der Waals surface area contributed by atoms with Crippen molar-refractivity contribution in [2.75, 3.05) is 13.1 Å². The molecule has 0 aliphatic carbocycles. The van der Waals surface area contributed by atoms with Crippen LogP contribution in [0.15, 0.2) is 29.6 Å². The number of hydrogen-bond acceptors (Lipinski definition) is 4. The second-order valence-corrected chi connectivity index (χ2v) is 8.24. The van der Waals surface area contributed by atoms with Crippen molar-refractivity contribution < 1.29 is 9.59 Å². The molecular formula is C21H23N3O2S. The van der Waals surface area contributed by atoms with Gasteiger partial charge in [-0.15, -0.1) is 11.3 Å². The smallest absolute Gasteiger partial charge is 0.227 e. The second-order valence-electron chi connectivity index (χ2n) is 7.32. The van der Waals surface area contributed by atoms with E-state index in [1.807, 2.05) is 28.5 Å². The van der Waals surface area contributed by atoms with E-state index in [-0.39, 0.29) is 17.6 Å². The molecule has 1 fully saturated rings. The molecule has 6 heteroatoms. The summed E-state index contributed by atoms with van der Waals surface area (Å²) in [7, 11) is 0. The highest BCUT2D eigenvalue weighted by Crippen LogP contribution is 2.28. The second kappa shape index (κ2) is 7.27. The molecule has 0 bridgehead atoms. The molecule has 4 rings (SSSR count). The number of fused-ring (bicyclic) bond motifs is 1. The summed E-state index contributed by atoms with van der Waals surface area (Å²) in [6.07, 6.45) is 2.38. The first-order valence-electron chi connectivity index (χ1n) is 9.32. The number of carbonyl (C=O) groups excluding carboxylic acids is 2. The normalized spacial score (nSPS) is 17.4. The Labute approximate surface area is 162 Å². The highest BCUT2D eigenvalue weighted by atomic mass is 32.1. The predicted molar refractivity (Wildman–Crippen MR) is 107 cm³/mol. The molecule has 27 heavy (non-hydrogen) atoms. The Morgan fingerprint density at radius 2 is 2.22 bits per heavy atom. The summed E-state index contributed by atoms with van der Waals surface area (Å²) in [5.41, 5.74) is 4.17. The lowest BCUT2D eigenvalue weighted by molar-refractivity contribution is -0.131. The summed E-state index contributed by atoms with van der Waals surface area (Å²) >= 11 is 1.41. The molecule has 140 valence electrons. The third-order valence-corrected chi connectivity index (χ3v) is 6.33. The van der Waals surface area contributed by atoms with Gasteiger partial charge in [-0.1, -0.05) is 12.1 Å². The van der Waals surface area contributed by atoms with Crippen molar-refractivity contribution >= 4 is 34.1 Å². The molecule has 1 atom stereocenters. The number of nitrogens with zero attached hydrogens (tertiary/aromatic N) is 2. The van der Waals surface area contributed by atoms with E-state index in [0.29, 0.717) is 17.8 Å². The molecule has 5 nitrogen and oxygen atoms in total. The summed E-state index contributed by atoms with van der Waals surface area (Å²) in [5, 5.41) is 1.91. The van der Waals surface area contributed by atoms with Gasteiger partial charge in [0.25, 0.3) is 0 Å². The van der Waals surface area contributed by atoms with E-state index in [1.54, 1.807) is 6.92 Å². The van der Waals surface area contributed by atoms with Crippen molar-refractivity contribution in [2.24, 2.45) is 0 Å². The number of benzene rings is 1. The maximum absolute atomic E-state index is 12.8. The Morgan fingerprint density at radius 3 is 2.96 bits per heavy atom. The molecule has 1 aromatic carbocycles. The van der Waals surface area contributed by atoms with Gasteiger partial charge in [-0.05, 0) is 55.3 Å². The summed E-state index contributed by atoms with van der Waals surface area (Å²) in [5.74, 6) is 1.40. The number of aromatic amines is 1. The number of thiophene rings is 1. The fraction of sp³-hybridized carbons (Fsp3) is 0.381. The van der Waals surface area contributed by atoms with Gasteiger partial charge in [0.1, 0.15) is 5.82 Å². The maximum atomic E-state index is 12.8. The van der Waals surface area contributed by atoms with Crippen molar-refractivity contribution in [1.29, 1.82) is 0 Å². The molecule has 0 radical (unpaired) electrons. The van der Waals surface area contributed by atoms with Gasteiger partial charge in [0, 0.05) is 19.0 Å². The van der Waals surface area contributed by atoms with E-state index in [0.717, 1.165) is 47.4 Å². The average Bonchev–Trinajstić information content (AvgIpc) is 3.29. The summed E-state index contributed by atoms with van der Waals surface area (Å²) in [4.78, 5) is 35.1. The number of hydrogen-bond donors (Lipinski definition) is 1. The van der Waals surface area contributed by atoms with Crippen LogP contribution in [-0.4, -0.2) is 39.6 Å². The fourth-order valence-electron chi connectivity index (χ4n) is 3.75. The van der Waals surface area contributed by atoms with Crippen LogP contribution in [0.1, 0.15) is 52.3 Å². The van der Waals surface area contributed by atoms with Gasteiger partial charge in [-0.2, -0.15) is 0 Å². The molecule has 1 aliphatic heterocycles. The molecule has 1 aliphatic rings. The quantitative estimate of drug-likeness (QED) is 0.693. The van der Waals surface area contributed by atoms with Gasteiger partial charge in [0.05, 0.1) is 22.3 Å². The van der Waals surface area contributed by atoms with Gasteiger partial charge in [-0.3, -0.25) is 9.59 Å². The summed E-state index contributed by atoms with van der Waals surface area (Å²) in [6, 6.07) is 7.99. The number of aromatic nitrogens is 2. The minimum Gasteiger partial charge on any atom is -0.342 e. The van der Waals surface area contributed by atoms with E-state index < -0.39 is 0 Å². The molecule has 3 heterocycles. The van der Waals surface area contributed by atoms with Crippen LogP contribution in [0.2, 0.25) is 0 Å². The number of piperidine rings is 1. The summed E-state index contributed by atoms with van der Waals surface area (Å²) < 4.78 is 0. The van der Waals surface area contributed by atoms with E-state index in [4.69, 9.17) is 4.98 Å². The first-order valence-corrected chi connectivity index (χ1v) is 10.2. The van der Waals surface area contributed by atoms with Crippen LogP contribution < -0.4 is 0 Å². The SMILES string of the molecule is CC(=O)c1cc(CC(=O)N2CCCC(c3nc4c(C)cccc4[nH]3)C2)cs1. The van der Waals surface area contributed by atoms with Crippen LogP contribution in [0, 0.1) is 6.92 Å². The molecule has 2 aromatic heterocycles. The third-order valence-electron chi connectivity index (χ3n) is 5.25. The van der Waals surface area contributed by atoms with Gasteiger partial charge in [0.15, 0.2) is 5.78 Å². The number of rotatable bonds is 4. The molecular weight excluding hydrogens is 358 g/mol. The predicted octanol–water partition coefficient (Wildman–Crippen LogP) is 4.08. The monoisotopic (exact) mass is 381 g/mol. The molecule has 0 spiro atoms. The number of para-hydroxylation sites is 1. The first-order chi connectivity index (χ1) is 13.0. The molecule has 1 unspecified atom stereocenters. The largest absolute Gasteiger partial charge is 0.342 e. The molecule has 1 amide bonds. The molecule has 1 saturated heterocycles. The van der Waals surface area contributed by atoms with Gasteiger partial charge < -0.3 is 9.88 Å². The van der Waals surface area contributed by atoms with E-state index in [1.165, 1.54) is 11.3 Å². The number of amides is 1. The lowest BCUT2D eigenvalue weighted by Crippen LogP contribution is -2.40. The van der Waals surface area contributed by atoms with Crippen LogP contribution in [0.4, 0.5) is 0 Å². The Morgan fingerprint density at radius 1 is 1.37 bits per heavy atom. The Bertz CT molecular complexity index is 1000. The van der Waals surface area contributed by atoms with E-state index in [9.17, 15) is 9.59 Å². The third kappa shape index (κ3) is 3.67. The molecule has 0 saturated carbocycles. The lowest BCUT2D eigenvalue weighted by atomic mass is 9.97. The van der Waals surface area contributed by atoms with E-state index >= 15 is 0 Å². The number of H-pyrrole nitrogens is 1. The van der Waals surface area contributed by atoms with Gasteiger partial charge >= 0.3 is 0 Å². The van der Waals surface area contributed by atoms with E-state index in [2.05, 4.69) is 18.0 Å². The average molecular weight is 382 g/mol. The number of Topliss-reactive ketones (excluding diaryl/α,β-unsaturated/α-hetero) is 1. The zero-order valence-electron chi connectivity index (χ0n) is 15.6. The van der Waals surface area contributed by atoms with Crippen molar-refractivity contribution in [2.45, 2.75) is 39.0 Å². The number of carbonyl (C=O) groups is 2. The maximum Gasteiger partial charge on any atom is 0.227 e.